The van der Waals surface area contributed by atoms with E-state index in [0.29, 0.717) is 24.8 Å². The van der Waals surface area contributed by atoms with Gasteiger partial charge in [0.2, 0.25) is 5.91 Å². The van der Waals surface area contributed by atoms with E-state index in [4.69, 9.17) is 10.5 Å². The van der Waals surface area contributed by atoms with E-state index in [2.05, 4.69) is 9.97 Å². The van der Waals surface area contributed by atoms with E-state index in [9.17, 15) is 9.59 Å². The lowest BCUT2D eigenvalue weighted by Gasteiger charge is -2.05. The van der Waals surface area contributed by atoms with Gasteiger partial charge in [0.15, 0.2) is 0 Å². The van der Waals surface area contributed by atoms with Gasteiger partial charge in [0.25, 0.3) is 0 Å². The van der Waals surface area contributed by atoms with Crippen LogP contribution in [0.15, 0.2) is 24.3 Å². The first-order valence-electron chi connectivity index (χ1n) is 5.73. The summed E-state index contributed by atoms with van der Waals surface area (Å²) in [6.07, 6.45) is 2.36. The van der Waals surface area contributed by atoms with Gasteiger partial charge in [-0.05, 0) is 37.0 Å². The van der Waals surface area contributed by atoms with Gasteiger partial charge >= 0.3 is 13.5 Å². The summed E-state index contributed by atoms with van der Waals surface area (Å²) >= 11 is 0. The third-order valence-corrected chi connectivity index (χ3v) is 2.31. The molecule has 6 nitrogen and oxygen atoms in total. The van der Waals surface area contributed by atoms with E-state index in [1.165, 1.54) is 19.6 Å². The number of amides is 1. The second kappa shape index (κ2) is 7.91. The van der Waals surface area contributed by atoms with Crippen molar-refractivity contribution in [2.45, 2.75) is 19.2 Å². The number of carboxylic acid groups (broad SMARTS) is 1. The van der Waals surface area contributed by atoms with E-state index in [1.807, 2.05) is 0 Å². The molecular weight excluding hydrogens is 247 g/mol. The number of carbonyl (C=O) groups is 2. The fraction of sp³-hybridized carbons (Fsp3) is 0.250. The Bertz CT molecular complexity index is 448. The van der Waals surface area contributed by atoms with Crippen molar-refractivity contribution in [1.29, 1.82) is 5.41 Å². The fourth-order valence-corrected chi connectivity index (χ4v) is 1.38. The maximum Gasteiger partial charge on any atom is 0.371 e. The summed E-state index contributed by atoms with van der Waals surface area (Å²) in [5, 5.41) is 18.0. The minimum atomic E-state index is -1.00. The molecule has 0 aliphatic rings. The molecule has 0 heterocycles. The summed E-state index contributed by atoms with van der Waals surface area (Å²) in [6, 6.07) is 5.96. The minimum Gasteiger partial charge on any atom is -0.556 e. The highest BCUT2D eigenvalue weighted by Gasteiger charge is 2.05. The van der Waals surface area contributed by atoms with Gasteiger partial charge in [-0.2, -0.15) is 0 Å². The summed E-state index contributed by atoms with van der Waals surface area (Å²) in [7, 11) is 1.46. The van der Waals surface area contributed by atoms with Gasteiger partial charge < -0.3 is 15.1 Å². The Labute approximate surface area is 111 Å². The first-order valence-corrected chi connectivity index (χ1v) is 5.73. The van der Waals surface area contributed by atoms with Crippen molar-refractivity contribution in [3.05, 3.63) is 29.8 Å². The number of carbonyl (C=O) groups excluding carboxylic acids is 1. The van der Waals surface area contributed by atoms with Gasteiger partial charge in [-0.25, -0.2) is 4.79 Å². The van der Waals surface area contributed by atoms with Crippen LogP contribution in [0.4, 0.5) is 5.69 Å². The van der Waals surface area contributed by atoms with Crippen molar-refractivity contribution in [3.8, 4) is 0 Å². The van der Waals surface area contributed by atoms with Crippen LogP contribution in [0.1, 0.15) is 23.2 Å². The van der Waals surface area contributed by atoms with Crippen molar-refractivity contribution in [2.75, 3.05) is 5.32 Å². The van der Waals surface area contributed by atoms with Gasteiger partial charge in [-0.15, -0.1) is 0 Å². The highest BCUT2D eigenvalue weighted by atomic mass is 16.4. The predicted molar refractivity (Wildman–Crippen MR) is 71.7 cm³/mol. The molecular formula is C12H14BN2O4. The number of benzene rings is 1. The molecule has 0 spiro atoms. The molecule has 1 radical (unpaired) electrons. The molecule has 0 fully saturated rings. The molecule has 1 rings (SSSR count). The topological polar surface area (TPSA) is 99.5 Å². The second-order valence-electron chi connectivity index (χ2n) is 3.74. The van der Waals surface area contributed by atoms with Gasteiger partial charge in [-0.1, -0.05) is 0 Å². The summed E-state index contributed by atoms with van der Waals surface area (Å²) < 4.78 is 4.60. The molecule has 7 heteroatoms. The molecule has 0 aliphatic carbocycles. The van der Waals surface area contributed by atoms with Crippen LogP contribution in [0.5, 0.6) is 0 Å². The van der Waals surface area contributed by atoms with Crippen molar-refractivity contribution < 1.29 is 19.3 Å². The Morgan fingerprint density at radius 3 is 2.63 bits per heavy atom. The number of hydrogen-bond donors (Lipinski definition) is 3. The highest BCUT2D eigenvalue weighted by molar-refractivity contribution is 6.29. The smallest absolute Gasteiger partial charge is 0.371 e. The minimum absolute atomic E-state index is 0.147. The Kier molecular flexibility index (Phi) is 6.15. The summed E-state index contributed by atoms with van der Waals surface area (Å²) in [5.74, 6) is -1.15. The lowest BCUT2D eigenvalue weighted by molar-refractivity contribution is -0.116. The molecule has 0 saturated heterocycles. The number of anilines is 1. The van der Waals surface area contributed by atoms with Crippen LogP contribution < -0.4 is 5.32 Å². The summed E-state index contributed by atoms with van der Waals surface area (Å²) in [4.78, 5) is 22.2. The number of nitrogens with one attached hydrogen (secondary N) is 2. The zero-order valence-electron chi connectivity index (χ0n) is 10.3. The third kappa shape index (κ3) is 5.72. The summed E-state index contributed by atoms with van der Waals surface area (Å²) in [6.45, 7) is 0. The Morgan fingerprint density at radius 2 is 2.05 bits per heavy atom. The van der Waals surface area contributed by atoms with E-state index >= 15 is 0 Å². The van der Waals surface area contributed by atoms with Crippen molar-refractivity contribution in [2.24, 2.45) is 0 Å². The molecule has 0 atom stereocenters. The predicted octanol–water partition coefficient (Wildman–Crippen LogP) is 1.76. The van der Waals surface area contributed by atoms with Crippen LogP contribution >= 0.6 is 0 Å². The number of aromatic carboxylic acids is 1. The molecule has 0 bridgehead atoms. The van der Waals surface area contributed by atoms with E-state index < -0.39 is 5.97 Å². The van der Waals surface area contributed by atoms with Crippen LogP contribution in [0.25, 0.3) is 0 Å². The molecule has 0 saturated carbocycles. The Hall–Kier alpha value is -2.31. The maximum atomic E-state index is 11.5. The maximum absolute atomic E-state index is 11.5. The highest BCUT2D eigenvalue weighted by Crippen LogP contribution is 2.10. The first kappa shape index (κ1) is 14.8. The van der Waals surface area contributed by atoms with E-state index in [-0.39, 0.29) is 11.5 Å². The van der Waals surface area contributed by atoms with E-state index in [0.717, 1.165) is 6.40 Å². The van der Waals surface area contributed by atoms with Crippen LogP contribution in [-0.4, -0.2) is 30.9 Å². The normalized spacial score (nSPS) is 9.47. The Balaban J connectivity index is 2.31. The lowest BCUT2D eigenvalue weighted by atomic mass is 9.92. The average molecular weight is 261 g/mol. The quantitative estimate of drug-likeness (QED) is 0.287. The Morgan fingerprint density at radius 1 is 1.37 bits per heavy atom. The van der Waals surface area contributed by atoms with Crippen LogP contribution in [0, 0.1) is 5.41 Å². The van der Waals surface area contributed by atoms with Crippen molar-refractivity contribution in [1.82, 2.24) is 0 Å². The molecule has 19 heavy (non-hydrogen) atoms. The van der Waals surface area contributed by atoms with Gasteiger partial charge in [0.1, 0.15) is 6.40 Å². The fourth-order valence-electron chi connectivity index (χ4n) is 1.38. The standard InChI is InChI=1S/C12H14BN2O4/c14-8-19-13-7-1-2-11(16)15-10-5-3-9(4-6-10)12(17)18/h3-6,8,14H,1-2,7H2,(H,15,16)(H,17,18). The zero-order chi connectivity index (χ0) is 14.1. The molecule has 1 aromatic carbocycles. The molecule has 0 unspecified atom stereocenters. The molecule has 1 amide bonds. The molecule has 0 aliphatic heterocycles. The molecule has 3 N–H and O–H groups in total. The van der Waals surface area contributed by atoms with Crippen LogP contribution in [-0.2, 0) is 9.45 Å². The third-order valence-electron chi connectivity index (χ3n) is 2.31. The van der Waals surface area contributed by atoms with Gasteiger partial charge in [0, 0.05) is 12.1 Å². The number of hydrogen-bond acceptors (Lipinski definition) is 4. The lowest BCUT2D eigenvalue weighted by Crippen LogP contribution is -2.11. The van der Waals surface area contributed by atoms with Crippen LogP contribution in [0.3, 0.4) is 0 Å². The van der Waals surface area contributed by atoms with Crippen molar-refractivity contribution in [3.63, 3.8) is 0 Å². The van der Waals surface area contributed by atoms with Crippen LogP contribution in [0.2, 0.25) is 6.32 Å². The number of carboxylic acids is 1. The molecule has 99 valence electrons. The SMILES string of the molecule is N=CO[B]CCCC(=O)Nc1ccc(C(=O)O)cc1. The zero-order valence-corrected chi connectivity index (χ0v) is 10.3. The monoisotopic (exact) mass is 261 g/mol. The molecule has 1 aromatic rings. The number of rotatable bonds is 8. The summed E-state index contributed by atoms with van der Waals surface area (Å²) in [5.41, 5.74) is 0.742. The van der Waals surface area contributed by atoms with Crippen molar-refractivity contribution >= 4 is 31.4 Å². The second-order valence-corrected chi connectivity index (χ2v) is 3.74. The van der Waals surface area contributed by atoms with E-state index in [1.54, 1.807) is 12.1 Å². The van der Waals surface area contributed by atoms with Gasteiger partial charge in [0.05, 0.1) is 5.56 Å². The average Bonchev–Trinajstić information content (AvgIpc) is 2.39. The van der Waals surface area contributed by atoms with Gasteiger partial charge in [-0.3, -0.25) is 10.2 Å². The first-order chi connectivity index (χ1) is 9.13. The molecule has 0 aromatic heterocycles. The largest absolute Gasteiger partial charge is 0.556 e.